The molecule has 0 bridgehead atoms. The molecule has 0 unspecified atom stereocenters. The number of H-pyrrole nitrogens is 1. The van der Waals surface area contributed by atoms with E-state index in [-0.39, 0.29) is 16.5 Å². The second-order valence-corrected chi connectivity index (χ2v) is 5.24. The molecule has 0 atom stereocenters. The Balaban J connectivity index is 2.34. The number of aryl methyl sites for hydroxylation is 2. The molecule has 0 spiro atoms. The highest BCUT2D eigenvalue weighted by Gasteiger charge is 2.21. The number of nitrogens with zero attached hydrogens (tertiary/aromatic N) is 3. The van der Waals surface area contributed by atoms with Crippen molar-refractivity contribution in [3.05, 3.63) is 18.0 Å². The molecule has 4 N–H and O–H groups in total. The molecule has 17 heavy (non-hydrogen) atoms. The Bertz CT molecular complexity index is 641. The van der Waals surface area contributed by atoms with Crippen LogP contribution in [-0.4, -0.2) is 28.4 Å². The van der Waals surface area contributed by atoms with Gasteiger partial charge < -0.3 is 5.73 Å². The van der Waals surface area contributed by atoms with Gasteiger partial charge in [0.05, 0.1) is 0 Å². The molecule has 2 heterocycles. The number of rotatable bonds is 3. The van der Waals surface area contributed by atoms with Crippen LogP contribution >= 0.6 is 0 Å². The van der Waals surface area contributed by atoms with Crippen molar-refractivity contribution in [1.29, 1.82) is 0 Å². The first-order valence-corrected chi connectivity index (χ1v) is 6.21. The van der Waals surface area contributed by atoms with Gasteiger partial charge in [-0.3, -0.25) is 14.5 Å². The summed E-state index contributed by atoms with van der Waals surface area (Å²) in [6.45, 7) is 1.77. The van der Waals surface area contributed by atoms with Crippen molar-refractivity contribution in [2.45, 2.75) is 11.8 Å². The van der Waals surface area contributed by atoms with Crippen molar-refractivity contribution >= 4 is 21.7 Å². The minimum atomic E-state index is -3.75. The van der Waals surface area contributed by atoms with Crippen LogP contribution < -0.4 is 10.5 Å². The number of hydrogen-bond acceptors (Lipinski definition) is 5. The summed E-state index contributed by atoms with van der Waals surface area (Å²) in [5.41, 5.74) is 6.26. The van der Waals surface area contributed by atoms with Crippen molar-refractivity contribution in [1.82, 2.24) is 20.0 Å². The molecule has 0 saturated heterocycles. The average Bonchev–Trinajstić information content (AvgIpc) is 2.72. The maximum absolute atomic E-state index is 11.9. The summed E-state index contributed by atoms with van der Waals surface area (Å²) in [4.78, 5) is -0.0688. The fourth-order valence-electron chi connectivity index (χ4n) is 1.35. The van der Waals surface area contributed by atoms with E-state index < -0.39 is 10.0 Å². The number of aromatic amines is 1. The zero-order valence-electron chi connectivity index (χ0n) is 9.30. The van der Waals surface area contributed by atoms with Gasteiger partial charge in [0.2, 0.25) is 0 Å². The average molecular weight is 256 g/mol. The van der Waals surface area contributed by atoms with Crippen LogP contribution in [0.1, 0.15) is 5.69 Å². The molecule has 0 radical (unpaired) electrons. The number of anilines is 2. The van der Waals surface area contributed by atoms with Gasteiger partial charge in [0.25, 0.3) is 10.0 Å². The molecule has 0 aliphatic carbocycles. The van der Waals surface area contributed by atoms with E-state index in [9.17, 15) is 8.42 Å². The Morgan fingerprint density at radius 2 is 2.24 bits per heavy atom. The Morgan fingerprint density at radius 1 is 1.53 bits per heavy atom. The second-order valence-electron chi connectivity index (χ2n) is 3.59. The second kappa shape index (κ2) is 3.77. The predicted octanol–water partition coefficient (Wildman–Crippen LogP) is -0.165. The van der Waals surface area contributed by atoms with Crippen LogP contribution in [0.15, 0.2) is 17.2 Å². The molecule has 0 aliphatic heterocycles. The van der Waals surface area contributed by atoms with Crippen molar-refractivity contribution in [3.63, 3.8) is 0 Å². The fraction of sp³-hybridized carbons (Fsp3) is 0.250. The van der Waals surface area contributed by atoms with E-state index in [4.69, 9.17) is 5.73 Å². The molecule has 2 aromatic rings. The van der Waals surface area contributed by atoms with Gasteiger partial charge in [-0.15, -0.1) is 0 Å². The Kier molecular flexibility index (Phi) is 2.54. The topological polar surface area (TPSA) is 119 Å². The third kappa shape index (κ3) is 2.23. The van der Waals surface area contributed by atoms with Gasteiger partial charge in [0, 0.05) is 25.0 Å². The van der Waals surface area contributed by atoms with E-state index in [1.807, 2.05) is 0 Å². The number of nitrogens with two attached hydrogens (primary N) is 1. The first-order valence-electron chi connectivity index (χ1n) is 4.72. The molecule has 9 heteroatoms. The Hall–Kier alpha value is -2.03. The number of sulfonamides is 1. The number of nitrogens with one attached hydrogen (secondary N) is 2. The first-order chi connectivity index (χ1) is 7.88. The lowest BCUT2D eigenvalue weighted by atomic mass is 10.5. The van der Waals surface area contributed by atoms with E-state index in [2.05, 4.69) is 20.0 Å². The molecule has 2 rings (SSSR count). The highest BCUT2D eigenvalue weighted by atomic mass is 32.2. The normalized spacial score (nSPS) is 11.6. The van der Waals surface area contributed by atoms with Gasteiger partial charge in [-0.25, -0.2) is 8.42 Å². The van der Waals surface area contributed by atoms with Gasteiger partial charge >= 0.3 is 0 Å². The zero-order valence-corrected chi connectivity index (χ0v) is 10.1. The smallest absolute Gasteiger partial charge is 0.268 e. The predicted molar refractivity (Wildman–Crippen MR) is 61.8 cm³/mol. The van der Waals surface area contributed by atoms with Crippen molar-refractivity contribution in [2.75, 3.05) is 10.5 Å². The number of hydrogen-bond donors (Lipinski definition) is 3. The van der Waals surface area contributed by atoms with Crippen LogP contribution in [0.25, 0.3) is 0 Å². The van der Waals surface area contributed by atoms with E-state index in [0.717, 1.165) is 5.69 Å². The third-order valence-electron chi connectivity index (χ3n) is 2.06. The molecule has 0 amide bonds. The van der Waals surface area contributed by atoms with E-state index in [1.165, 1.54) is 10.9 Å². The lowest BCUT2D eigenvalue weighted by Crippen LogP contribution is -2.14. The van der Waals surface area contributed by atoms with Gasteiger partial charge in [0.1, 0.15) is 4.90 Å². The first kappa shape index (κ1) is 11.5. The van der Waals surface area contributed by atoms with Gasteiger partial charge in [-0.1, -0.05) is 0 Å². The lowest BCUT2D eigenvalue weighted by Gasteiger charge is -2.02. The molecular formula is C8H12N6O2S. The SMILES string of the molecule is Cc1cc(NS(=O)(=O)c2cn(C)nc2N)n[nH]1. The molecule has 0 aromatic carbocycles. The third-order valence-corrected chi connectivity index (χ3v) is 3.43. The van der Waals surface area contributed by atoms with E-state index in [1.54, 1.807) is 20.0 Å². The summed E-state index contributed by atoms with van der Waals surface area (Å²) >= 11 is 0. The van der Waals surface area contributed by atoms with Crippen LogP contribution in [0.5, 0.6) is 0 Å². The summed E-state index contributed by atoms with van der Waals surface area (Å²) < 4.78 is 27.5. The Labute approximate surface area is 97.9 Å². The fourth-order valence-corrected chi connectivity index (χ4v) is 2.45. The molecular weight excluding hydrogens is 244 g/mol. The van der Waals surface area contributed by atoms with Crippen LogP contribution in [-0.2, 0) is 17.1 Å². The summed E-state index contributed by atoms with van der Waals surface area (Å²) in [5, 5.41) is 10.2. The molecule has 0 aliphatic rings. The monoisotopic (exact) mass is 256 g/mol. The molecule has 0 saturated carbocycles. The zero-order chi connectivity index (χ0) is 12.6. The number of aromatic nitrogens is 4. The summed E-state index contributed by atoms with van der Waals surface area (Å²) in [6, 6.07) is 1.57. The summed E-state index contributed by atoms with van der Waals surface area (Å²) in [6.07, 6.45) is 1.33. The minimum absolute atomic E-state index is 0.0488. The highest BCUT2D eigenvalue weighted by molar-refractivity contribution is 7.92. The van der Waals surface area contributed by atoms with E-state index >= 15 is 0 Å². The Morgan fingerprint density at radius 3 is 2.71 bits per heavy atom. The van der Waals surface area contributed by atoms with E-state index in [0.29, 0.717) is 0 Å². The molecule has 92 valence electrons. The van der Waals surface area contributed by atoms with Crippen LogP contribution in [0.3, 0.4) is 0 Å². The van der Waals surface area contributed by atoms with Crippen molar-refractivity contribution in [2.24, 2.45) is 7.05 Å². The van der Waals surface area contributed by atoms with Crippen LogP contribution in [0.2, 0.25) is 0 Å². The molecule has 2 aromatic heterocycles. The minimum Gasteiger partial charge on any atom is -0.381 e. The van der Waals surface area contributed by atoms with Gasteiger partial charge in [0.15, 0.2) is 11.6 Å². The van der Waals surface area contributed by atoms with Gasteiger partial charge in [-0.2, -0.15) is 10.2 Å². The maximum Gasteiger partial charge on any atom is 0.268 e. The largest absolute Gasteiger partial charge is 0.381 e. The van der Waals surface area contributed by atoms with Crippen molar-refractivity contribution < 1.29 is 8.42 Å². The van der Waals surface area contributed by atoms with Crippen molar-refractivity contribution in [3.8, 4) is 0 Å². The lowest BCUT2D eigenvalue weighted by molar-refractivity contribution is 0.601. The standard InChI is InChI=1S/C8H12N6O2S/c1-5-3-7(11-10-5)13-17(15,16)6-4-14(2)12-8(6)9/h3-4H,1-2H3,(H2,9,12)(H2,10,11,13). The van der Waals surface area contributed by atoms with Gasteiger partial charge in [-0.05, 0) is 6.92 Å². The molecule has 0 fully saturated rings. The highest BCUT2D eigenvalue weighted by Crippen LogP contribution is 2.19. The van der Waals surface area contributed by atoms with Crippen LogP contribution in [0.4, 0.5) is 11.6 Å². The summed E-state index contributed by atoms with van der Waals surface area (Å²) in [7, 11) is -2.16. The van der Waals surface area contributed by atoms with Crippen LogP contribution in [0, 0.1) is 6.92 Å². The quantitative estimate of drug-likeness (QED) is 0.704. The summed E-state index contributed by atoms with van der Waals surface area (Å²) in [5.74, 6) is 0.165. The molecule has 8 nitrogen and oxygen atoms in total. The number of nitrogen functional groups attached to an aromatic ring is 1. The maximum atomic E-state index is 11.9.